The molecule has 1 heterocycles. The number of fused-ring (bicyclic) bond motifs is 1. The molecule has 1 aliphatic rings. The molecule has 0 radical (unpaired) electrons. The third-order valence-electron chi connectivity index (χ3n) is 4.85. The minimum Gasteiger partial charge on any atom is -0.481 e. The second-order valence-electron chi connectivity index (χ2n) is 6.86. The van der Waals surface area contributed by atoms with Gasteiger partial charge in [0, 0.05) is 5.56 Å². The summed E-state index contributed by atoms with van der Waals surface area (Å²) >= 11 is 0. The van der Waals surface area contributed by atoms with Crippen molar-refractivity contribution in [3.8, 4) is 17.0 Å². The van der Waals surface area contributed by atoms with Crippen molar-refractivity contribution in [2.45, 2.75) is 38.7 Å². The maximum absolute atomic E-state index is 13.0. The van der Waals surface area contributed by atoms with Crippen LogP contribution in [0.25, 0.3) is 11.3 Å². The summed E-state index contributed by atoms with van der Waals surface area (Å²) in [5.74, 6) is -0.125. The van der Waals surface area contributed by atoms with Crippen LogP contribution < -0.4 is 10.1 Å². The fourth-order valence-corrected chi connectivity index (χ4v) is 3.33. The Balaban J connectivity index is 1.48. The molecule has 0 aliphatic heterocycles. The summed E-state index contributed by atoms with van der Waals surface area (Å²) in [6.07, 6.45) is 3.71. The molecule has 0 spiro atoms. The molecule has 28 heavy (non-hydrogen) atoms. The first-order chi connectivity index (χ1) is 13.6. The first kappa shape index (κ1) is 18.2. The minimum atomic E-state index is -0.807. The number of anilines is 1. The lowest BCUT2D eigenvalue weighted by Gasteiger charge is -2.16. The smallest absolute Gasteiger partial charge is 0.266 e. The normalized spacial score (nSPS) is 14.2. The largest absolute Gasteiger partial charge is 0.481 e. The molecular formula is C21H20FN3O3. The van der Waals surface area contributed by atoms with E-state index in [1.54, 1.807) is 6.92 Å². The maximum atomic E-state index is 13.0. The van der Waals surface area contributed by atoms with Crippen molar-refractivity contribution < 1.29 is 18.6 Å². The summed E-state index contributed by atoms with van der Waals surface area (Å²) in [6, 6.07) is 11.6. The Bertz CT molecular complexity index is 985. The van der Waals surface area contributed by atoms with Crippen LogP contribution in [0.4, 0.5) is 10.2 Å². The number of hydrogen-bond acceptors (Lipinski definition) is 5. The van der Waals surface area contributed by atoms with Crippen LogP contribution in [0, 0.1) is 5.82 Å². The molecule has 6 nitrogen and oxygen atoms in total. The Morgan fingerprint density at radius 1 is 1.11 bits per heavy atom. The summed E-state index contributed by atoms with van der Waals surface area (Å²) in [7, 11) is 0. The van der Waals surface area contributed by atoms with E-state index >= 15 is 0 Å². The number of rotatable bonds is 5. The Kier molecular flexibility index (Phi) is 5.06. The number of aromatic nitrogens is 2. The molecule has 1 aliphatic carbocycles. The first-order valence-corrected chi connectivity index (χ1v) is 9.28. The highest BCUT2D eigenvalue weighted by Gasteiger charge is 2.21. The molecule has 1 N–H and O–H groups in total. The fraction of sp³-hybridized carbons (Fsp3) is 0.286. The van der Waals surface area contributed by atoms with Gasteiger partial charge in [-0.3, -0.25) is 4.79 Å². The molecule has 3 aromatic rings. The highest BCUT2D eigenvalue weighted by molar-refractivity contribution is 5.96. The molecule has 2 aromatic carbocycles. The number of benzene rings is 2. The Morgan fingerprint density at radius 3 is 2.64 bits per heavy atom. The van der Waals surface area contributed by atoms with Crippen molar-refractivity contribution in [3.05, 3.63) is 59.4 Å². The number of halogens is 1. The van der Waals surface area contributed by atoms with Gasteiger partial charge in [0.1, 0.15) is 11.6 Å². The van der Waals surface area contributed by atoms with Gasteiger partial charge in [-0.1, -0.05) is 12.1 Å². The average Bonchev–Trinajstić information content (AvgIpc) is 3.17. The number of hydrogen-bond donors (Lipinski definition) is 1. The minimum absolute atomic E-state index is 0.246. The number of amides is 1. The van der Waals surface area contributed by atoms with Gasteiger partial charge in [-0.2, -0.15) is 0 Å². The zero-order valence-electron chi connectivity index (χ0n) is 15.4. The van der Waals surface area contributed by atoms with Gasteiger partial charge < -0.3 is 10.1 Å². The van der Waals surface area contributed by atoms with Crippen LogP contribution in [0.2, 0.25) is 0 Å². The predicted molar refractivity (Wildman–Crippen MR) is 101 cm³/mol. The average molecular weight is 381 g/mol. The van der Waals surface area contributed by atoms with Gasteiger partial charge in [0.2, 0.25) is 5.82 Å². The summed E-state index contributed by atoms with van der Waals surface area (Å²) < 4.78 is 23.4. The number of carbonyl (C=O) groups is 1. The van der Waals surface area contributed by atoms with Crippen molar-refractivity contribution in [1.82, 2.24) is 10.3 Å². The van der Waals surface area contributed by atoms with E-state index < -0.39 is 12.0 Å². The molecule has 0 saturated heterocycles. The molecule has 144 valence electrons. The van der Waals surface area contributed by atoms with Crippen LogP contribution in [0.15, 0.2) is 47.1 Å². The topological polar surface area (TPSA) is 77.2 Å². The van der Waals surface area contributed by atoms with Gasteiger partial charge in [0.25, 0.3) is 5.91 Å². The molecule has 0 unspecified atom stereocenters. The lowest BCUT2D eigenvalue weighted by Crippen LogP contribution is -2.30. The third kappa shape index (κ3) is 3.88. The number of nitrogens with one attached hydrogen (secondary N) is 1. The SMILES string of the molecule is C[C@@H](Oc1ccc(F)cc1)C(=O)Nc1nonc1-c1ccc2c(c1)CCCC2. The lowest BCUT2D eigenvalue weighted by molar-refractivity contribution is -0.122. The first-order valence-electron chi connectivity index (χ1n) is 9.28. The molecule has 1 aromatic heterocycles. The molecule has 7 heteroatoms. The summed E-state index contributed by atoms with van der Waals surface area (Å²) in [5, 5.41) is 10.5. The highest BCUT2D eigenvalue weighted by atomic mass is 19.1. The fourth-order valence-electron chi connectivity index (χ4n) is 3.33. The summed E-state index contributed by atoms with van der Waals surface area (Å²) in [4.78, 5) is 12.5. The molecule has 1 amide bonds. The standard InChI is InChI=1S/C21H20FN3O3/c1-13(27-18-10-8-17(22)9-11-18)21(26)23-20-19(24-28-25-20)16-7-6-14-4-2-3-5-15(14)12-16/h6-13H,2-5H2,1H3,(H,23,25,26)/t13-/m1/s1. The number of ether oxygens (including phenoxy) is 1. The van der Waals surface area contributed by atoms with E-state index in [0.717, 1.165) is 18.4 Å². The Labute approximate surface area is 161 Å². The van der Waals surface area contributed by atoms with E-state index in [9.17, 15) is 9.18 Å². The quantitative estimate of drug-likeness (QED) is 0.718. The molecule has 0 saturated carbocycles. The van der Waals surface area contributed by atoms with E-state index in [4.69, 9.17) is 9.37 Å². The van der Waals surface area contributed by atoms with Crippen molar-refractivity contribution in [2.24, 2.45) is 0 Å². The van der Waals surface area contributed by atoms with Gasteiger partial charge in [0.15, 0.2) is 11.8 Å². The maximum Gasteiger partial charge on any atom is 0.266 e. The predicted octanol–water partition coefficient (Wildman–Crippen LogP) is 4.16. The third-order valence-corrected chi connectivity index (χ3v) is 4.85. The van der Waals surface area contributed by atoms with E-state index in [1.807, 2.05) is 6.07 Å². The highest BCUT2D eigenvalue weighted by Crippen LogP contribution is 2.30. The van der Waals surface area contributed by atoms with Gasteiger partial charge in [-0.05, 0) is 84.4 Å². The van der Waals surface area contributed by atoms with Gasteiger partial charge in [0.05, 0.1) is 0 Å². The van der Waals surface area contributed by atoms with E-state index in [2.05, 4.69) is 27.8 Å². The zero-order valence-corrected chi connectivity index (χ0v) is 15.4. The lowest BCUT2D eigenvalue weighted by atomic mass is 9.90. The molecule has 4 rings (SSSR count). The van der Waals surface area contributed by atoms with Crippen LogP contribution in [-0.4, -0.2) is 22.3 Å². The Morgan fingerprint density at radius 2 is 1.86 bits per heavy atom. The van der Waals surface area contributed by atoms with Crippen LogP contribution in [0.3, 0.4) is 0 Å². The van der Waals surface area contributed by atoms with Crippen molar-refractivity contribution in [1.29, 1.82) is 0 Å². The second-order valence-corrected chi connectivity index (χ2v) is 6.86. The molecule has 0 fully saturated rings. The van der Waals surface area contributed by atoms with E-state index in [-0.39, 0.29) is 11.6 Å². The number of aryl methyl sites for hydroxylation is 2. The monoisotopic (exact) mass is 381 g/mol. The summed E-state index contributed by atoms with van der Waals surface area (Å²) in [6.45, 7) is 1.60. The van der Waals surface area contributed by atoms with Crippen molar-refractivity contribution in [2.75, 3.05) is 5.32 Å². The molecule has 0 bridgehead atoms. The van der Waals surface area contributed by atoms with Gasteiger partial charge in [-0.25, -0.2) is 9.02 Å². The number of nitrogens with zero attached hydrogens (tertiary/aromatic N) is 2. The van der Waals surface area contributed by atoms with Crippen LogP contribution in [-0.2, 0) is 17.6 Å². The Hall–Kier alpha value is -3.22. The van der Waals surface area contributed by atoms with E-state index in [0.29, 0.717) is 11.4 Å². The van der Waals surface area contributed by atoms with Crippen LogP contribution in [0.1, 0.15) is 30.9 Å². The molecule has 1 atom stereocenters. The van der Waals surface area contributed by atoms with Gasteiger partial charge in [-0.15, -0.1) is 0 Å². The second kappa shape index (κ2) is 7.80. The van der Waals surface area contributed by atoms with Crippen LogP contribution in [0.5, 0.6) is 5.75 Å². The van der Waals surface area contributed by atoms with Gasteiger partial charge >= 0.3 is 0 Å². The number of carbonyl (C=O) groups excluding carboxylic acids is 1. The zero-order chi connectivity index (χ0) is 19.5. The molecular weight excluding hydrogens is 361 g/mol. The van der Waals surface area contributed by atoms with Crippen LogP contribution >= 0.6 is 0 Å². The van der Waals surface area contributed by atoms with Crippen molar-refractivity contribution >= 4 is 11.7 Å². The summed E-state index contributed by atoms with van der Waals surface area (Å²) in [5.41, 5.74) is 4.00. The van der Waals surface area contributed by atoms with E-state index in [1.165, 1.54) is 48.2 Å². The van der Waals surface area contributed by atoms with Crippen molar-refractivity contribution in [3.63, 3.8) is 0 Å².